The molecular weight excluding hydrogens is 260 g/mol. The van der Waals surface area contributed by atoms with Crippen molar-refractivity contribution in [3.8, 4) is 0 Å². The van der Waals surface area contributed by atoms with Crippen LogP contribution in [0.4, 0.5) is 11.5 Å². The molecule has 1 aromatic heterocycles. The maximum Gasteiger partial charge on any atom is 0.225 e. The number of hydrogen-bond donors (Lipinski definition) is 2. The van der Waals surface area contributed by atoms with E-state index in [1.54, 1.807) is 12.4 Å². The highest BCUT2D eigenvalue weighted by molar-refractivity contribution is 7.99. The van der Waals surface area contributed by atoms with Crippen LogP contribution < -0.4 is 11.1 Å². The number of thioether (sulfide) groups is 1. The van der Waals surface area contributed by atoms with Crippen LogP contribution in [0, 0.1) is 0 Å². The van der Waals surface area contributed by atoms with Crippen molar-refractivity contribution in [2.45, 2.75) is 11.4 Å². The molecule has 0 unspecified atom stereocenters. The maximum absolute atomic E-state index is 11.7. The van der Waals surface area contributed by atoms with E-state index in [1.807, 2.05) is 30.3 Å². The number of anilines is 2. The minimum Gasteiger partial charge on any atom is -0.381 e. The molecule has 2 aromatic rings. The van der Waals surface area contributed by atoms with Crippen molar-refractivity contribution in [1.29, 1.82) is 0 Å². The lowest BCUT2D eigenvalue weighted by Crippen LogP contribution is -2.12. The first-order valence-electron chi connectivity index (χ1n) is 5.80. The fraction of sp³-hybridized carbons (Fsp3) is 0.154. The summed E-state index contributed by atoms with van der Waals surface area (Å²) in [7, 11) is 0. The van der Waals surface area contributed by atoms with Crippen LogP contribution in [0.25, 0.3) is 0 Å². The lowest BCUT2D eigenvalue weighted by atomic mass is 10.3. The summed E-state index contributed by atoms with van der Waals surface area (Å²) in [5.74, 6) is 0.985. The number of nitrogens with one attached hydrogen (secondary N) is 1. The highest BCUT2D eigenvalue weighted by atomic mass is 32.2. The van der Waals surface area contributed by atoms with Gasteiger partial charge in [0.15, 0.2) is 5.82 Å². The van der Waals surface area contributed by atoms with E-state index in [-0.39, 0.29) is 5.91 Å². The van der Waals surface area contributed by atoms with Gasteiger partial charge >= 0.3 is 0 Å². The van der Waals surface area contributed by atoms with Gasteiger partial charge in [-0.25, -0.2) is 9.97 Å². The molecular formula is C13H14N4OS. The number of amides is 1. The molecule has 1 heterocycles. The van der Waals surface area contributed by atoms with E-state index >= 15 is 0 Å². The van der Waals surface area contributed by atoms with Crippen LogP contribution in [0.3, 0.4) is 0 Å². The van der Waals surface area contributed by atoms with Gasteiger partial charge in [0.05, 0.1) is 0 Å². The number of carbonyl (C=O) groups is 1. The Morgan fingerprint density at radius 1 is 1.21 bits per heavy atom. The largest absolute Gasteiger partial charge is 0.381 e. The number of hydrogen-bond acceptors (Lipinski definition) is 5. The predicted octanol–water partition coefficient (Wildman–Crippen LogP) is 2.18. The van der Waals surface area contributed by atoms with Gasteiger partial charge in [-0.1, -0.05) is 18.2 Å². The molecule has 98 valence electrons. The summed E-state index contributed by atoms with van der Waals surface area (Å²) in [6.07, 6.45) is 3.53. The third kappa shape index (κ3) is 4.26. The van der Waals surface area contributed by atoms with Crippen LogP contribution in [-0.2, 0) is 4.79 Å². The summed E-state index contributed by atoms with van der Waals surface area (Å²) in [6, 6.07) is 9.37. The van der Waals surface area contributed by atoms with Gasteiger partial charge in [0.1, 0.15) is 5.03 Å². The summed E-state index contributed by atoms with van der Waals surface area (Å²) in [5.41, 5.74) is 6.47. The van der Waals surface area contributed by atoms with E-state index < -0.39 is 0 Å². The number of nitrogen functional groups attached to an aromatic ring is 1. The molecule has 1 amide bonds. The number of aromatic nitrogens is 2. The molecule has 0 aliphatic heterocycles. The maximum atomic E-state index is 11.7. The minimum atomic E-state index is -0.0267. The van der Waals surface area contributed by atoms with Gasteiger partial charge in [0.2, 0.25) is 5.91 Å². The SMILES string of the molecule is Nc1nccnc1SCCC(=O)Nc1ccccc1. The van der Waals surface area contributed by atoms with Gasteiger partial charge in [-0.15, -0.1) is 11.8 Å². The smallest absolute Gasteiger partial charge is 0.225 e. The molecule has 5 nitrogen and oxygen atoms in total. The molecule has 3 N–H and O–H groups in total. The second-order valence-corrected chi connectivity index (χ2v) is 4.84. The molecule has 0 spiro atoms. The van der Waals surface area contributed by atoms with E-state index in [0.717, 1.165) is 5.69 Å². The van der Waals surface area contributed by atoms with Gasteiger partial charge in [-0.05, 0) is 12.1 Å². The van der Waals surface area contributed by atoms with Gasteiger partial charge in [-0.2, -0.15) is 0 Å². The number of nitrogens with zero attached hydrogens (tertiary/aromatic N) is 2. The summed E-state index contributed by atoms with van der Waals surface area (Å²) >= 11 is 1.43. The number of carbonyl (C=O) groups excluding carboxylic acids is 1. The average Bonchev–Trinajstić information content (AvgIpc) is 2.42. The summed E-state index contributed by atoms with van der Waals surface area (Å²) < 4.78 is 0. The Morgan fingerprint density at radius 2 is 1.95 bits per heavy atom. The van der Waals surface area contributed by atoms with E-state index in [0.29, 0.717) is 23.0 Å². The van der Waals surface area contributed by atoms with Gasteiger partial charge in [-0.3, -0.25) is 4.79 Å². The number of nitrogens with two attached hydrogens (primary N) is 1. The third-order valence-electron chi connectivity index (χ3n) is 2.32. The topological polar surface area (TPSA) is 80.9 Å². The number of para-hydroxylation sites is 1. The molecule has 0 bridgehead atoms. The molecule has 19 heavy (non-hydrogen) atoms. The van der Waals surface area contributed by atoms with Gasteiger partial charge < -0.3 is 11.1 Å². The summed E-state index contributed by atoms with van der Waals surface area (Å²) in [5, 5.41) is 3.49. The average molecular weight is 274 g/mol. The van der Waals surface area contributed by atoms with Crippen molar-refractivity contribution < 1.29 is 4.79 Å². The first-order chi connectivity index (χ1) is 9.25. The second-order valence-electron chi connectivity index (χ2n) is 3.76. The normalized spacial score (nSPS) is 10.1. The Bertz CT molecular complexity index is 547. The Morgan fingerprint density at radius 3 is 2.68 bits per heavy atom. The molecule has 0 saturated carbocycles. The van der Waals surface area contributed by atoms with Crippen molar-refractivity contribution in [1.82, 2.24) is 9.97 Å². The third-order valence-corrected chi connectivity index (χ3v) is 3.31. The lowest BCUT2D eigenvalue weighted by molar-refractivity contribution is -0.115. The van der Waals surface area contributed by atoms with Crippen LogP contribution >= 0.6 is 11.8 Å². The zero-order valence-corrected chi connectivity index (χ0v) is 11.1. The van der Waals surface area contributed by atoms with E-state index in [4.69, 9.17) is 5.73 Å². The summed E-state index contributed by atoms with van der Waals surface area (Å²) in [6.45, 7) is 0. The minimum absolute atomic E-state index is 0.0267. The van der Waals surface area contributed by atoms with Crippen molar-refractivity contribution in [3.63, 3.8) is 0 Å². The predicted molar refractivity (Wildman–Crippen MR) is 76.9 cm³/mol. The molecule has 0 radical (unpaired) electrons. The fourth-order valence-corrected chi connectivity index (χ4v) is 2.25. The quantitative estimate of drug-likeness (QED) is 0.817. The number of rotatable bonds is 5. The zero-order chi connectivity index (χ0) is 13.5. The Kier molecular flexibility index (Phi) is 4.74. The Hall–Kier alpha value is -2.08. The van der Waals surface area contributed by atoms with Crippen molar-refractivity contribution in [2.24, 2.45) is 0 Å². The van der Waals surface area contributed by atoms with Crippen LogP contribution in [-0.4, -0.2) is 21.6 Å². The molecule has 6 heteroatoms. The fourth-order valence-electron chi connectivity index (χ4n) is 1.43. The Balaban J connectivity index is 1.77. The highest BCUT2D eigenvalue weighted by Crippen LogP contribution is 2.20. The molecule has 2 rings (SSSR count). The Labute approximate surface area is 115 Å². The highest BCUT2D eigenvalue weighted by Gasteiger charge is 2.05. The molecule has 0 aliphatic rings. The van der Waals surface area contributed by atoms with Crippen LogP contribution in [0.15, 0.2) is 47.8 Å². The number of benzene rings is 1. The molecule has 0 saturated heterocycles. The van der Waals surface area contributed by atoms with E-state index in [9.17, 15) is 4.79 Å². The van der Waals surface area contributed by atoms with Crippen molar-refractivity contribution in [2.75, 3.05) is 16.8 Å². The van der Waals surface area contributed by atoms with E-state index in [2.05, 4.69) is 15.3 Å². The van der Waals surface area contributed by atoms with Crippen molar-refractivity contribution >= 4 is 29.2 Å². The van der Waals surface area contributed by atoms with Crippen LogP contribution in [0.2, 0.25) is 0 Å². The van der Waals surface area contributed by atoms with Crippen LogP contribution in [0.5, 0.6) is 0 Å². The second kappa shape index (κ2) is 6.75. The van der Waals surface area contributed by atoms with Gasteiger partial charge in [0.25, 0.3) is 0 Å². The zero-order valence-electron chi connectivity index (χ0n) is 10.2. The lowest BCUT2D eigenvalue weighted by Gasteiger charge is -2.05. The van der Waals surface area contributed by atoms with Crippen molar-refractivity contribution in [3.05, 3.63) is 42.7 Å². The molecule has 0 fully saturated rings. The first-order valence-corrected chi connectivity index (χ1v) is 6.78. The van der Waals surface area contributed by atoms with E-state index in [1.165, 1.54) is 11.8 Å². The van der Waals surface area contributed by atoms with Crippen LogP contribution in [0.1, 0.15) is 6.42 Å². The van der Waals surface area contributed by atoms with Gasteiger partial charge in [0, 0.05) is 30.3 Å². The molecule has 0 aliphatic carbocycles. The molecule has 1 aromatic carbocycles. The summed E-state index contributed by atoms with van der Waals surface area (Å²) in [4.78, 5) is 19.7. The standard InChI is InChI=1S/C13H14N4OS/c14-12-13(16-8-7-15-12)19-9-6-11(18)17-10-4-2-1-3-5-10/h1-5,7-8H,6,9H2,(H2,14,15)(H,17,18). The monoisotopic (exact) mass is 274 g/mol. The first kappa shape index (κ1) is 13.4. The molecule has 0 atom stereocenters.